The number of H-pyrrole nitrogens is 1. The summed E-state index contributed by atoms with van der Waals surface area (Å²) in [6, 6.07) is 9.36. The number of piperidine rings is 1. The van der Waals surface area contributed by atoms with Crippen molar-refractivity contribution in [3.05, 3.63) is 41.7 Å². The molecule has 32 heavy (non-hydrogen) atoms. The predicted molar refractivity (Wildman–Crippen MR) is 122 cm³/mol. The molecule has 1 aliphatic heterocycles. The molecule has 2 N–H and O–H groups in total. The van der Waals surface area contributed by atoms with Crippen molar-refractivity contribution >= 4 is 33.8 Å². The van der Waals surface area contributed by atoms with Crippen molar-refractivity contribution in [3.63, 3.8) is 0 Å². The smallest absolute Gasteiger partial charge is 0.407 e. The fourth-order valence-corrected chi connectivity index (χ4v) is 4.95. The first-order valence-corrected chi connectivity index (χ1v) is 11.0. The van der Waals surface area contributed by atoms with Crippen molar-refractivity contribution in [3.8, 4) is 12.3 Å². The number of hydrogen-bond acceptors (Lipinski definition) is 4. The highest BCUT2D eigenvalue weighted by Crippen LogP contribution is 2.53. The van der Waals surface area contributed by atoms with Gasteiger partial charge in [-0.05, 0) is 48.3 Å². The van der Waals surface area contributed by atoms with Crippen molar-refractivity contribution in [2.75, 3.05) is 7.11 Å². The van der Waals surface area contributed by atoms with Crippen LogP contribution < -0.4 is 5.32 Å². The maximum atomic E-state index is 13.6. The number of imidazole rings is 1. The molecular weight excluding hydrogens is 404 g/mol. The molecule has 0 unspecified atom stereocenters. The Balaban J connectivity index is 1.51. The third-order valence-corrected chi connectivity index (χ3v) is 6.72. The van der Waals surface area contributed by atoms with E-state index in [1.165, 1.54) is 7.11 Å². The highest BCUT2D eigenvalue weighted by Gasteiger charge is 2.56. The average Bonchev–Trinajstić information content (AvgIpc) is 3.25. The van der Waals surface area contributed by atoms with E-state index in [9.17, 15) is 9.59 Å². The van der Waals surface area contributed by atoms with Crippen LogP contribution in [0.25, 0.3) is 21.8 Å². The van der Waals surface area contributed by atoms with E-state index >= 15 is 0 Å². The zero-order valence-corrected chi connectivity index (χ0v) is 18.4. The molecule has 7 heteroatoms. The SMILES string of the molecule is C#Cc1ccc2c(ccc3[nH]c([C@@H]4C[C@H]5C[C@H]5N4C(=O)[C@@H](NC(=O)OC)C(C)C)nc32)c1. The molecule has 2 amide bonds. The summed E-state index contributed by atoms with van der Waals surface area (Å²) in [6.45, 7) is 3.84. The Morgan fingerprint density at radius 3 is 2.81 bits per heavy atom. The number of benzene rings is 2. The zero-order chi connectivity index (χ0) is 22.6. The number of aromatic amines is 1. The van der Waals surface area contributed by atoms with E-state index in [-0.39, 0.29) is 23.9 Å². The lowest BCUT2D eigenvalue weighted by molar-refractivity contribution is -0.136. The first-order valence-electron chi connectivity index (χ1n) is 11.0. The second-order valence-electron chi connectivity index (χ2n) is 9.08. The minimum atomic E-state index is -0.642. The molecule has 1 aromatic heterocycles. The number of aromatic nitrogens is 2. The second kappa shape index (κ2) is 7.56. The van der Waals surface area contributed by atoms with E-state index in [0.29, 0.717) is 5.92 Å². The van der Waals surface area contributed by atoms with Crippen LogP contribution in [0.5, 0.6) is 0 Å². The molecule has 0 bridgehead atoms. The molecule has 2 aromatic carbocycles. The molecule has 4 atom stereocenters. The monoisotopic (exact) mass is 430 g/mol. The molecular formula is C25H26N4O3. The minimum absolute atomic E-state index is 0.0648. The van der Waals surface area contributed by atoms with Gasteiger partial charge >= 0.3 is 6.09 Å². The zero-order valence-electron chi connectivity index (χ0n) is 18.4. The largest absolute Gasteiger partial charge is 0.453 e. The van der Waals surface area contributed by atoms with Gasteiger partial charge in [0.15, 0.2) is 0 Å². The lowest BCUT2D eigenvalue weighted by atomic mass is 10.0. The van der Waals surface area contributed by atoms with Gasteiger partial charge in [-0.3, -0.25) is 4.79 Å². The fourth-order valence-electron chi connectivity index (χ4n) is 4.95. The van der Waals surface area contributed by atoms with E-state index in [4.69, 9.17) is 16.1 Å². The first kappa shape index (κ1) is 20.4. The maximum absolute atomic E-state index is 13.6. The average molecular weight is 431 g/mol. The van der Waals surface area contributed by atoms with Crippen LogP contribution in [-0.4, -0.2) is 46.1 Å². The molecule has 1 saturated carbocycles. The number of ether oxygens (including phenoxy) is 1. The van der Waals surface area contributed by atoms with Gasteiger partial charge in [-0.15, -0.1) is 6.42 Å². The van der Waals surface area contributed by atoms with Gasteiger partial charge in [-0.25, -0.2) is 9.78 Å². The van der Waals surface area contributed by atoms with E-state index < -0.39 is 12.1 Å². The van der Waals surface area contributed by atoms with Crippen molar-refractivity contribution in [2.45, 2.75) is 44.8 Å². The number of terminal acetylenes is 1. The summed E-state index contributed by atoms with van der Waals surface area (Å²) in [7, 11) is 1.30. The normalized spacial score (nSPS) is 22.6. The van der Waals surface area contributed by atoms with Crippen molar-refractivity contribution in [1.29, 1.82) is 0 Å². The highest BCUT2D eigenvalue weighted by atomic mass is 16.5. The summed E-state index contributed by atoms with van der Waals surface area (Å²) in [5.41, 5.74) is 2.64. The molecule has 0 radical (unpaired) electrons. The van der Waals surface area contributed by atoms with Crippen LogP contribution in [0.3, 0.4) is 0 Å². The third kappa shape index (κ3) is 3.27. The van der Waals surface area contributed by atoms with Crippen LogP contribution in [0.2, 0.25) is 0 Å². The van der Waals surface area contributed by atoms with Crippen LogP contribution in [0, 0.1) is 24.2 Å². The summed E-state index contributed by atoms with van der Waals surface area (Å²) in [5, 5.41) is 4.78. The Morgan fingerprint density at radius 1 is 1.28 bits per heavy atom. The molecule has 1 saturated heterocycles. The first-order chi connectivity index (χ1) is 15.4. The quantitative estimate of drug-likeness (QED) is 0.618. The Bertz CT molecular complexity index is 1270. The number of amides is 2. The number of methoxy groups -OCH3 is 1. The number of hydrogen-bond donors (Lipinski definition) is 2. The number of likely N-dealkylation sites (tertiary alicyclic amines) is 1. The summed E-state index contributed by atoms with van der Waals surface area (Å²) in [4.78, 5) is 35.7. The molecule has 2 fully saturated rings. The lowest BCUT2D eigenvalue weighted by Gasteiger charge is -2.31. The number of alkyl carbamates (subject to hydrolysis) is 1. The number of nitrogens with one attached hydrogen (secondary N) is 2. The van der Waals surface area contributed by atoms with Crippen molar-refractivity contribution < 1.29 is 14.3 Å². The summed E-state index contributed by atoms with van der Waals surface area (Å²) in [6.07, 6.45) is 6.82. The van der Waals surface area contributed by atoms with Gasteiger partial charge < -0.3 is 19.9 Å². The Morgan fingerprint density at radius 2 is 2.09 bits per heavy atom. The van der Waals surface area contributed by atoms with E-state index in [1.807, 2.05) is 49.1 Å². The molecule has 7 nitrogen and oxygen atoms in total. The van der Waals surface area contributed by atoms with Gasteiger partial charge in [0, 0.05) is 17.0 Å². The fraction of sp³-hybridized carbons (Fsp3) is 0.400. The molecule has 5 rings (SSSR count). The van der Waals surface area contributed by atoms with E-state index in [0.717, 1.165) is 46.0 Å². The lowest BCUT2D eigenvalue weighted by Crippen LogP contribution is -2.52. The van der Waals surface area contributed by atoms with Gasteiger partial charge in [0.05, 0.1) is 24.2 Å². The second-order valence-corrected chi connectivity index (χ2v) is 9.08. The Hall–Kier alpha value is -3.53. The van der Waals surface area contributed by atoms with Crippen molar-refractivity contribution in [1.82, 2.24) is 20.2 Å². The molecule has 3 aromatic rings. The molecule has 2 heterocycles. The summed E-state index contributed by atoms with van der Waals surface area (Å²) < 4.78 is 4.74. The summed E-state index contributed by atoms with van der Waals surface area (Å²) in [5.74, 6) is 3.80. The van der Waals surface area contributed by atoms with Gasteiger partial charge in [0.1, 0.15) is 11.9 Å². The predicted octanol–water partition coefficient (Wildman–Crippen LogP) is 3.74. The van der Waals surface area contributed by atoms with Gasteiger partial charge in [0.25, 0.3) is 0 Å². The van der Waals surface area contributed by atoms with Crippen LogP contribution in [0.4, 0.5) is 4.79 Å². The number of nitrogens with zero attached hydrogens (tertiary/aromatic N) is 2. The van der Waals surface area contributed by atoms with Crippen LogP contribution in [0.15, 0.2) is 30.3 Å². The molecule has 2 aliphatic rings. The van der Waals surface area contributed by atoms with Crippen LogP contribution in [0.1, 0.15) is 44.1 Å². The maximum Gasteiger partial charge on any atom is 0.407 e. The van der Waals surface area contributed by atoms with E-state index in [1.54, 1.807) is 0 Å². The van der Waals surface area contributed by atoms with Crippen molar-refractivity contribution in [2.24, 2.45) is 11.8 Å². The molecule has 164 valence electrons. The van der Waals surface area contributed by atoms with Gasteiger partial charge in [-0.1, -0.05) is 31.9 Å². The standard InChI is InChI=1S/C25H26N4O3/c1-5-14-6-8-17-15(10-14)7-9-18-22(17)27-23(26-18)20-12-16-11-19(16)29(20)24(30)21(13(2)3)28-25(31)32-4/h1,6-10,13,16,19-21H,11-12H2,2-4H3,(H,26,27)(H,28,31)/t16-,19-,20+,21+/m1/s1. The number of fused-ring (bicyclic) bond motifs is 4. The van der Waals surface area contributed by atoms with Gasteiger partial charge in [-0.2, -0.15) is 0 Å². The number of carbonyl (C=O) groups is 2. The Labute approximate surface area is 186 Å². The molecule has 0 spiro atoms. The third-order valence-electron chi connectivity index (χ3n) is 6.72. The van der Waals surface area contributed by atoms with Crippen LogP contribution in [-0.2, 0) is 9.53 Å². The Kier molecular flexibility index (Phi) is 4.81. The molecule has 1 aliphatic carbocycles. The number of rotatable bonds is 4. The van der Waals surface area contributed by atoms with E-state index in [2.05, 4.69) is 16.2 Å². The van der Waals surface area contributed by atoms with Crippen LogP contribution >= 0.6 is 0 Å². The number of carbonyl (C=O) groups excluding carboxylic acids is 2. The topological polar surface area (TPSA) is 87.3 Å². The highest BCUT2D eigenvalue weighted by molar-refractivity contribution is 6.04. The van der Waals surface area contributed by atoms with Gasteiger partial charge in [0.2, 0.25) is 5.91 Å². The summed E-state index contributed by atoms with van der Waals surface area (Å²) >= 11 is 0. The minimum Gasteiger partial charge on any atom is -0.453 e.